The summed E-state index contributed by atoms with van der Waals surface area (Å²) >= 11 is 4.96. The fourth-order valence-corrected chi connectivity index (χ4v) is 4.38. The summed E-state index contributed by atoms with van der Waals surface area (Å²) in [5, 5.41) is 16.3. The fourth-order valence-electron chi connectivity index (χ4n) is 1.46. The summed E-state index contributed by atoms with van der Waals surface area (Å²) in [5.41, 5.74) is 0. The molecular formula is C12H20BrN2S2+. The first-order valence-electron chi connectivity index (χ1n) is 5.86. The van der Waals surface area contributed by atoms with Crippen molar-refractivity contribution >= 4 is 38.6 Å². The van der Waals surface area contributed by atoms with E-state index in [9.17, 15) is 0 Å². The first-order chi connectivity index (χ1) is 8.35. The van der Waals surface area contributed by atoms with Crippen molar-refractivity contribution in [2.75, 3.05) is 34.1 Å². The topological polar surface area (TPSA) is 47.6 Å². The summed E-state index contributed by atoms with van der Waals surface area (Å²) in [7, 11) is 0.512. The average Bonchev–Trinajstić information content (AvgIpc) is 3.05. The predicted octanol–water partition coefficient (Wildman–Crippen LogP) is 3.34. The van der Waals surface area contributed by atoms with Crippen molar-refractivity contribution in [3.05, 3.63) is 0 Å². The van der Waals surface area contributed by atoms with Crippen LogP contribution in [0.5, 0.6) is 0 Å². The van der Waals surface area contributed by atoms with Gasteiger partial charge in [0.2, 0.25) is 0 Å². The second kappa shape index (κ2) is 14.2. The quantitative estimate of drug-likeness (QED) is 0.545. The maximum Gasteiger partial charge on any atom is 0.193 e. The van der Waals surface area contributed by atoms with E-state index in [1.54, 1.807) is 0 Å². The third-order valence-electron chi connectivity index (χ3n) is 2.27. The van der Waals surface area contributed by atoms with Crippen LogP contribution in [0.4, 0.5) is 0 Å². The number of hydrogen-bond donors (Lipinski definition) is 0. The Hall–Kier alpha value is 0.160. The van der Waals surface area contributed by atoms with Crippen molar-refractivity contribution in [1.29, 1.82) is 10.5 Å². The largest absolute Gasteiger partial charge is 0.197 e. The summed E-state index contributed by atoms with van der Waals surface area (Å²) in [5.74, 6) is 6.31. The third-order valence-corrected chi connectivity index (χ3v) is 5.95. The fraction of sp³-hybridized carbons (Fsp3) is 0.833. The SMILES string of the molecule is C1CCSC1.N#CCBr.N#CC[S+]1CCCC1. The summed E-state index contributed by atoms with van der Waals surface area (Å²) in [4.78, 5) is 0. The lowest BCUT2D eigenvalue weighted by Crippen LogP contribution is -2.05. The molecule has 5 heteroatoms. The average molecular weight is 336 g/mol. The Morgan fingerprint density at radius 3 is 1.82 bits per heavy atom. The number of alkyl halides is 1. The molecule has 0 aliphatic carbocycles. The van der Waals surface area contributed by atoms with Gasteiger partial charge in [-0.2, -0.15) is 22.3 Å². The summed E-state index contributed by atoms with van der Waals surface area (Å²) in [6.45, 7) is 0. The second-order valence-electron chi connectivity index (χ2n) is 3.64. The van der Waals surface area contributed by atoms with Crippen LogP contribution in [0.15, 0.2) is 0 Å². The van der Waals surface area contributed by atoms with Gasteiger partial charge in [-0.25, -0.2) is 0 Å². The second-order valence-corrected chi connectivity index (χ2v) is 7.76. The van der Waals surface area contributed by atoms with Gasteiger partial charge in [-0.3, -0.25) is 0 Å². The van der Waals surface area contributed by atoms with Gasteiger partial charge in [0, 0.05) is 10.9 Å². The van der Waals surface area contributed by atoms with Crippen LogP contribution in [-0.4, -0.2) is 34.1 Å². The molecule has 0 bridgehead atoms. The minimum Gasteiger partial charge on any atom is -0.197 e. The summed E-state index contributed by atoms with van der Waals surface area (Å²) in [6.07, 6.45) is 5.66. The molecule has 2 rings (SSSR count). The number of thioether (sulfide) groups is 1. The summed E-state index contributed by atoms with van der Waals surface area (Å²) < 4.78 is 0. The smallest absolute Gasteiger partial charge is 0.193 e. The van der Waals surface area contributed by atoms with Crippen LogP contribution in [0.25, 0.3) is 0 Å². The van der Waals surface area contributed by atoms with Gasteiger partial charge >= 0.3 is 0 Å². The molecule has 0 N–H and O–H groups in total. The van der Waals surface area contributed by atoms with E-state index in [0.29, 0.717) is 16.2 Å². The van der Waals surface area contributed by atoms with E-state index < -0.39 is 0 Å². The molecule has 2 aliphatic heterocycles. The molecule has 0 aromatic rings. The van der Waals surface area contributed by atoms with Gasteiger partial charge in [-0.05, 0) is 37.2 Å². The first-order valence-corrected chi connectivity index (χ1v) is 9.87. The molecular weight excluding hydrogens is 316 g/mol. The Kier molecular flexibility index (Phi) is 14.4. The Morgan fingerprint density at radius 1 is 1.00 bits per heavy atom. The van der Waals surface area contributed by atoms with Gasteiger partial charge in [0.1, 0.15) is 17.6 Å². The lowest BCUT2D eigenvalue weighted by Gasteiger charge is -1.88. The summed E-state index contributed by atoms with van der Waals surface area (Å²) in [6, 6.07) is 4.07. The van der Waals surface area contributed by atoms with Gasteiger partial charge in [0.15, 0.2) is 5.75 Å². The monoisotopic (exact) mass is 335 g/mol. The molecule has 96 valence electrons. The molecule has 0 aromatic carbocycles. The third kappa shape index (κ3) is 12.4. The molecule has 2 nitrogen and oxygen atoms in total. The molecule has 0 saturated carbocycles. The van der Waals surface area contributed by atoms with Crippen LogP contribution in [0, 0.1) is 22.7 Å². The van der Waals surface area contributed by atoms with Gasteiger partial charge in [0.05, 0.1) is 11.4 Å². The minimum atomic E-state index is 0.438. The van der Waals surface area contributed by atoms with Crippen molar-refractivity contribution in [2.45, 2.75) is 25.7 Å². The van der Waals surface area contributed by atoms with Crippen molar-refractivity contribution < 1.29 is 0 Å². The van der Waals surface area contributed by atoms with E-state index in [-0.39, 0.29) is 0 Å². The van der Waals surface area contributed by atoms with Crippen LogP contribution < -0.4 is 0 Å². The standard InChI is InChI=1S/C6H10NS.C4H8S.C2H2BrN/c7-3-6-8-4-1-2-5-8;1-2-4-5-3-1;3-1-2-4/h1-2,4-6H2;1-4H2;1H2/q+1;;. The van der Waals surface area contributed by atoms with Crippen molar-refractivity contribution in [1.82, 2.24) is 0 Å². The highest BCUT2D eigenvalue weighted by atomic mass is 79.9. The van der Waals surface area contributed by atoms with E-state index in [0.717, 1.165) is 5.75 Å². The van der Waals surface area contributed by atoms with E-state index >= 15 is 0 Å². The maximum absolute atomic E-state index is 8.28. The van der Waals surface area contributed by atoms with E-state index in [4.69, 9.17) is 10.5 Å². The van der Waals surface area contributed by atoms with Crippen LogP contribution in [-0.2, 0) is 10.9 Å². The highest BCUT2D eigenvalue weighted by Crippen LogP contribution is 2.14. The van der Waals surface area contributed by atoms with Crippen molar-refractivity contribution in [3.63, 3.8) is 0 Å². The van der Waals surface area contributed by atoms with Crippen molar-refractivity contribution in [3.8, 4) is 12.1 Å². The molecule has 0 spiro atoms. The Morgan fingerprint density at radius 2 is 1.53 bits per heavy atom. The van der Waals surface area contributed by atoms with E-state index in [1.807, 2.05) is 6.07 Å². The highest BCUT2D eigenvalue weighted by Gasteiger charge is 2.22. The maximum atomic E-state index is 8.28. The molecule has 2 saturated heterocycles. The van der Waals surface area contributed by atoms with Crippen molar-refractivity contribution in [2.24, 2.45) is 0 Å². The molecule has 0 amide bonds. The lowest BCUT2D eigenvalue weighted by molar-refractivity contribution is 0.949. The Labute approximate surface area is 121 Å². The number of hydrogen-bond acceptors (Lipinski definition) is 3. The molecule has 0 radical (unpaired) electrons. The Bertz CT molecular complexity index is 230. The van der Waals surface area contributed by atoms with Gasteiger partial charge < -0.3 is 0 Å². The number of rotatable bonds is 1. The van der Waals surface area contributed by atoms with E-state index in [1.165, 1.54) is 48.7 Å². The van der Waals surface area contributed by atoms with E-state index in [2.05, 4.69) is 33.8 Å². The first kappa shape index (κ1) is 17.2. The normalized spacial score (nSPS) is 18.1. The molecule has 0 atom stereocenters. The molecule has 0 aromatic heterocycles. The van der Waals surface area contributed by atoms with Crippen LogP contribution in [0.3, 0.4) is 0 Å². The lowest BCUT2D eigenvalue weighted by atomic mass is 10.4. The zero-order chi connectivity index (χ0) is 12.8. The molecule has 0 unspecified atom stereocenters. The minimum absolute atomic E-state index is 0.438. The molecule has 2 heterocycles. The molecule has 2 aliphatic rings. The van der Waals surface area contributed by atoms with Crippen LogP contribution >= 0.6 is 27.7 Å². The van der Waals surface area contributed by atoms with Crippen LogP contribution in [0.1, 0.15) is 25.7 Å². The number of nitrogens with zero attached hydrogens (tertiary/aromatic N) is 2. The van der Waals surface area contributed by atoms with Gasteiger partial charge in [-0.15, -0.1) is 0 Å². The van der Waals surface area contributed by atoms with Gasteiger partial charge in [-0.1, -0.05) is 15.9 Å². The number of nitriles is 2. The Balaban J connectivity index is 0.000000246. The number of halogens is 1. The zero-order valence-electron chi connectivity index (χ0n) is 10.2. The van der Waals surface area contributed by atoms with Gasteiger partial charge in [0.25, 0.3) is 0 Å². The van der Waals surface area contributed by atoms with Crippen LogP contribution in [0.2, 0.25) is 0 Å². The predicted molar refractivity (Wildman–Crippen MR) is 82.8 cm³/mol. The molecule has 2 fully saturated rings. The molecule has 17 heavy (non-hydrogen) atoms. The zero-order valence-corrected chi connectivity index (χ0v) is 13.4. The highest BCUT2D eigenvalue weighted by molar-refractivity contribution is 9.09.